The molecule has 182 valence electrons. The summed E-state index contributed by atoms with van der Waals surface area (Å²) in [5.41, 5.74) is 0. The lowest BCUT2D eigenvalue weighted by Gasteiger charge is -2.06. The van der Waals surface area contributed by atoms with Crippen LogP contribution in [0.4, 0.5) is 0 Å². The maximum atomic E-state index is 5.73. The fourth-order valence-corrected chi connectivity index (χ4v) is 4.27. The Bertz CT molecular complexity index is 258. The first kappa shape index (κ1) is 30.4. The van der Waals surface area contributed by atoms with E-state index in [1.807, 2.05) is 0 Å². The molecule has 0 spiro atoms. The second-order valence-electron chi connectivity index (χ2n) is 8.98. The Morgan fingerprint density at radius 2 is 0.667 bits per heavy atom. The monoisotopic (exact) mass is 490 g/mol. The molecule has 30 heavy (non-hydrogen) atoms. The highest BCUT2D eigenvalue weighted by molar-refractivity contribution is 9.09. The van der Waals surface area contributed by atoms with Crippen LogP contribution in [0.3, 0.4) is 0 Å². The standard InChI is InChI=1S/C27H55BrO2/c1-2-3-4-5-6-7-8-9-10-11-12-13-14-15-17-20-24-29-26-22-27-30-25-21-18-16-19-23-28/h2-27H2,1H3. The molecule has 0 N–H and O–H groups in total. The lowest BCUT2D eigenvalue weighted by atomic mass is 10.0. The van der Waals surface area contributed by atoms with Crippen molar-refractivity contribution in [2.24, 2.45) is 0 Å². The van der Waals surface area contributed by atoms with Gasteiger partial charge in [0.1, 0.15) is 0 Å². The molecule has 3 heteroatoms. The first-order valence-corrected chi connectivity index (χ1v) is 14.8. The van der Waals surface area contributed by atoms with E-state index in [-0.39, 0.29) is 0 Å². The van der Waals surface area contributed by atoms with Gasteiger partial charge in [-0.25, -0.2) is 0 Å². The first-order chi connectivity index (χ1) is 14.9. The minimum atomic E-state index is 0.859. The van der Waals surface area contributed by atoms with E-state index in [4.69, 9.17) is 9.47 Å². The van der Waals surface area contributed by atoms with Gasteiger partial charge in [0.2, 0.25) is 0 Å². The lowest BCUT2D eigenvalue weighted by Crippen LogP contribution is -2.03. The molecule has 0 fully saturated rings. The first-order valence-electron chi connectivity index (χ1n) is 13.6. The SMILES string of the molecule is CCCCCCCCCCCCCCCCCCOCCCOCCCCCCBr. The van der Waals surface area contributed by atoms with Crippen LogP contribution >= 0.6 is 15.9 Å². The molecular formula is C27H55BrO2. The highest BCUT2D eigenvalue weighted by atomic mass is 79.9. The van der Waals surface area contributed by atoms with Crippen molar-refractivity contribution in [2.75, 3.05) is 31.8 Å². The van der Waals surface area contributed by atoms with Gasteiger partial charge in [0, 0.05) is 31.8 Å². The zero-order chi connectivity index (χ0) is 21.8. The molecule has 0 aromatic heterocycles. The maximum absolute atomic E-state index is 5.73. The van der Waals surface area contributed by atoms with Gasteiger partial charge >= 0.3 is 0 Å². The zero-order valence-electron chi connectivity index (χ0n) is 20.6. The van der Waals surface area contributed by atoms with Crippen LogP contribution in [0.1, 0.15) is 142 Å². The topological polar surface area (TPSA) is 18.5 Å². The van der Waals surface area contributed by atoms with Crippen molar-refractivity contribution < 1.29 is 9.47 Å². The molecule has 0 saturated heterocycles. The van der Waals surface area contributed by atoms with Crippen LogP contribution in [0, 0.1) is 0 Å². The van der Waals surface area contributed by atoms with Gasteiger partial charge in [-0.3, -0.25) is 0 Å². The van der Waals surface area contributed by atoms with Crippen LogP contribution in [0.25, 0.3) is 0 Å². The zero-order valence-corrected chi connectivity index (χ0v) is 22.2. The summed E-state index contributed by atoms with van der Waals surface area (Å²) in [6.07, 6.45) is 28.9. The smallest absolute Gasteiger partial charge is 0.0487 e. The number of unbranched alkanes of at least 4 members (excludes halogenated alkanes) is 18. The predicted octanol–water partition coefficient (Wildman–Crippen LogP) is 9.63. The van der Waals surface area contributed by atoms with Crippen LogP contribution in [-0.4, -0.2) is 31.8 Å². The minimum Gasteiger partial charge on any atom is -0.381 e. The summed E-state index contributed by atoms with van der Waals surface area (Å²) in [5, 5.41) is 1.13. The maximum Gasteiger partial charge on any atom is 0.0487 e. The van der Waals surface area contributed by atoms with Gasteiger partial charge in [-0.05, 0) is 25.7 Å². The Hall–Kier alpha value is 0.400. The van der Waals surface area contributed by atoms with Gasteiger partial charge in [-0.15, -0.1) is 0 Å². The lowest BCUT2D eigenvalue weighted by molar-refractivity contribution is 0.0795. The van der Waals surface area contributed by atoms with E-state index >= 15 is 0 Å². The van der Waals surface area contributed by atoms with Crippen molar-refractivity contribution >= 4 is 15.9 Å². The molecule has 0 aromatic rings. The van der Waals surface area contributed by atoms with Crippen LogP contribution in [0.5, 0.6) is 0 Å². The molecule has 0 heterocycles. The molecule has 0 amide bonds. The number of hydrogen-bond acceptors (Lipinski definition) is 2. The van der Waals surface area contributed by atoms with E-state index in [1.54, 1.807) is 0 Å². The fraction of sp³-hybridized carbons (Fsp3) is 1.00. The average molecular weight is 492 g/mol. The van der Waals surface area contributed by atoms with Gasteiger partial charge < -0.3 is 9.47 Å². The molecule has 0 aliphatic carbocycles. The van der Waals surface area contributed by atoms with Gasteiger partial charge in [0.25, 0.3) is 0 Å². The van der Waals surface area contributed by atoms with Gasteiger partial charge in [0.15, 0.2) is 0 Å². The third-order valence-corrected chi connectivity index (χ3v) is 6.45. The van der Waals surface area contributed by atoms with E-state index in [2.05, 4.69) is 22.9 Å². The number of alkyl halides is 1. The average Bonchev–Trinajstić information content (AvgIpc) is 2.76. The minimum absolute atomic E-state index is 0.859. The second kappa shape index (κ2) is 29.4. The number of ether oxygens (including phenoxy) is 2. The Morgan fingerprint density at radius 1 is 0.367 bits per heavy atom. The third-order valence-electron chi connectivity index (χ3n) is 5.89. The van der Waals surface area contributed by atoms with E-state index in [0.717, 1.165) is 38.2 Å². The van der Waals surface area contributed by atoms with Crippen molar-refractivity contribution in [3.05, 3.63) is 0 Å². The van der Waals surface area contributed by atoms with Crippen molar-refractivity contribution in [2.45, 2.75) is 142 Å². The van der Waals surface area contributed by atoms with Gasteiger partial charge in [0.05, 0.1) is 0 Å². The summed E-state index contributed by atoms with van der Waals surface area (Å²) < 4.78 is 11.4. The summed E-state index contributed by atoms with van der Waals surface area (Å²) in [6, 6.07) is 0. The highest BCUT2D eigenvalue weighted by Gasteiger charge is 1.96. The van der Waals surface area contributed by atoms with Crippen LogP contribution < -0.4 is 0 Å². The third kappa shape index (κ3) is 28.4. The van der Waals surface area contributed by atoms with Crippen LogP contribution in [-0.2, 0) is 9.47 Å². The van der Waals surface area contributed by atoms with E-state index in [9.17, 15) is 0 Å². The summed E-state index contributed by atoms with van der Waals surface area (Å²) in [4.78, 5) is 0. The van der Waals surface area contributed by atoms with E-state index in [1.165, 1.54) is 128 Å². The molecule has 0 aliphatic heterocycles. The van der Waals surface area contributed by atoms with Crippen LogP contribution in [0.15, 0.2) is 0 Å². The van der Waals surface area contributed by atoms with E-state index < -0.39 is 0 Å². The summed E-state index contributed by atoms with van der Waals surface area (Å²) >= 11 is 3.47. The van der Waals surface area contributed by atoms with Crippen molar-refractivity contribution in [1.82, 2.24) is 0 Å². The quantitative estimate of drug-likeness (QED) is 0.0841. The van der Waals surface area contributed by atoms with Crippen molar-refractivity contribution in [1.29, 1.82) is 0 Å². The van der Waals surface area contributed by atoms with Crippen LogP contribution in [0.2, 0.25) is 0 Å². The van der Waals surface area contributed by atoms with Gasteiger partial charge in [-0.1, -0.05) is 132 Å². The Balaban J connectivity index is 2.97. The molecule has 0 atom stereocenters. The Kier molecular flexibility index (Phi) is 29.8. The number of halogens is 1. The summed E-state index contributed by atoms with van der Waals surface area (Å²) in [6.45, 7) is 5.87. The number of rotatable bonds is 27. The van der Waals surface area contributed by atoms with Crippen molar-refractivity contribution in [3.63, 3.8) is 0 Å². The molecule has 0 unspecified atom stereocenters. The highest BCUT2D eigenvalue weighted by Crippen LogP contribution is 2.13. The summed E-state index contributed by atoms with van der Waals surface area (Å²) in [7, 11) is 0. The molecule has 0 radical (unpaired) electrons. The Morgan fingerprint density at radius 3 is 1.03 bits per heavy atom. The largest absolute Gasteiger partial charge is 0.381 e. The molecule has 0 aromatic carbocycles. The molecule has 0 bridgehead atoms. The Labute approximate surface area is 198 Å². The fourth-order valence-electron chi connectivity index (χ4n) is 3.87. The molecule has 2 nitrogen and oxygen atoms in total. The second-order valence-corrected chi connectivity index (χ2v) is 9.78. The molecule has 0 rings (SSSR count). The number of hydrogen-bond donors (Lipinski definition) is 0. The van der Waals surface area contributed by atoms with Crippen molar-refractivity contribution in [3.8, 4) is 0 Å². The molecular weight excluding hydrogens is 436 g/mol. The van der Waals surface area contributed by atoms with Gasteiger partial charge in [-0.2, -0.15) is 0 Å². The molecule has 0 saturated carbocycles. The molecule has 0 aliphatic rings. The van der Waals surface area contributed by atoms with E-state index in [0.29, 0.717) is 0 Å². The summed E-state index contributed by atoms with van der Waals surface area (Å²) in [5.74, 6) is 0. The normalized spacial score (nSPS) is 11.4. The predicted molar refractivity (Wildman–Crippen MR) is 138 cm³/mol.